The molecule has 0 saturated carbocycles. The Morgan fingerprint density at radius 2 is 2.11 bits per heavy atom. The van der Waals surface area contributed by atoms with Gasteiger partial charge in [0.15, 0.2) is 0 Å². The molecule has 7 heteroatoms. The second kappa shape index (κ2) is 7.44. The number of urea groups is 1. The fourth-order valence-corrected chi connectivity index (χ4v) is 1.56. The van der Waals surface area contributed by atoms with Gasteiger partial charge in [0.05, 0.1) is 6.10 Å². The normalized spacial score (nSPS) is 18.8. The molecule has 1 unspecified atom stereocenters. The summed E-state index contributed by atoms with van der Waals surface area (Å²) in [6.07, 6.45) is 4.34. The third kappa shape index (κ3) is 6.00. The SMILES string of the molecule is O=C(O)C=CC(=O)NC(=O)NCCC1CCCO1. The number of carbonyl (C=O) groups is 3. The highest BCUT2D eigenvalue weighted by molar-refractivity contribution is 6.02. The maximum atomic E-state index is 11.2. The van der Waals surface area contributed by atoms with Crippen molar-refractivity contribution >= 4 is 17.9 Å². The molecule has 1 rings (SSSR count). The van der Waals surface area contributed by atoms with Gasteiger partial charge in [-0.3, -0.25) is 10.1 Å². The molecule has 0 radical (unpaired) electrons. The van der Waals surface area contributed by atoms with Crippen molar-refractivity contribution in [3.05, 3.63) is 12.2 Å². The molecule has 0 aromatic heterocycles. The molecular weight excluding hydrogens is 240 g/mol. The number of rotatable bonds is 5. The average molecular weight is 256 g/mol. The van der Waals surface area contributed by atoms with E-state index in [-0.39, 0.29) is 6.10 Å². The minimum absolute atomic E-state index is 0.174. The summed E-state index contributed by atoms with van der Waals surface area (Å²) in [5, 5.41) is 12.8. The maximum absolute atomic E-state index is 11.2. The van der Waals surface area contributed by atoms with Gasteiger partial charge in [-0.1, -0.05) is 0 Å². The molecule has 1 fully saturated rings. The van der Waals surface area contributed by atoms with Crippen molar-refractivity contribution < 1.29 is 24.2 Å². The molecule has 0 aliphatic carbocycles. The monoisotopic (exact) mass is 256 g/mol. The molecule has 1 heterocycles. The van der Waals surface area contributed by atoms with Crippen LogP contribution < -0.4 is 10.6 Å². The second-order valence-corrected chi connectivity index (χ2v) is 3.84. The van der Waals surface area contributed by atoms with Gasteiger partial charge < -0.3 is 15.2 Å². The number of hydrogen-bond donors (Lipinski definition) is 3. The Kier molecular flexibility index (Phi) is 5.86. The van der Waals surface area contributed by atoms with Crippen LogP contribution in [0.4, 0.5) is 4.79 Å². The summed E-state index contributed by atoms with van der Waals surface area (Å²) in [5.74, 6) is -2.02. The number of carboxylic acids is 1. The van der Waals surface area contributed by atoms with Crippen LogP contribution in [0, 0.1) is 0 Å². The maximum Gasteiger partial charge on any atom is 0.328 e. The van der Waals surface area contributed by atoms with Crippen molar-refractivity contribution in [3.8, 4) is 0 Å². The number of amides is 3. The predicted octanol–water partition coefficient (Wildman–Crippen LogP) is 0.0221. The minimum atomic E-state index is -1.25. The summed E-state index contributed by atoms with van der Waals surface area (Å²) in [5.41, 5.74) is 0. The smallest absolute Gasteiger partial charge is 0.328 e. The van der Waals surface area contributed by atoms with E-state index in [4.69, 9.17) is 9.84 Å². The van der Waals surface area contributed by atoms with Crippen molar-refractivity contribution in [2.75, 3.05) is 13.2 Å². The first-order valence-electron chi connectivity index (χ1n) is 5.69. The molecule has 3 N–H and O–H groups in total. The van der Waals surface area contributed by atoms with E-state index in [0.717, 1.165) is 25.5 Å². The fourth-order valence-electron chi connectivity index (χ4n) is 1.56. The number of carbonyl (C=O) groups excluding carboxylic acids is 2. The van der Waals surface area contributed by atoms with Gasteiger partial charge in [-0.25, -0.2) is 9.59 Å². The van der Waals surface area contributed by atoms with Crippen LogP contribution in [-0.4, -0.2) is 42.3 Å². The third-order valence-electron chi connectivity index (χ3n) is 2.39. The zero-order chi connectivity index (χ0) is 13.4. The summed E-state index contributed by atoms with van der Waals surface area (Å²) < 4.78 is 5.37. The number of nitrogens with one attached hydrogen (secondary N) is 2. The van der Waals surface area contributed by atoms with Gasteiger partial charge in [0.25, 0.3) is 5.91 Å². The topological polar surface area (TPSA) is 105 Å². The number of carboxylic acid groups (broad SMARTS) is 1. The van der Waals surface area contributed by atoms with Crippen LogP contribution in [0.1, 0.15) is 19.3 Å². The summed E-state index contributed by atoms with van der Waals surface area (Å²) >= 11 is 0. The molecule has 1 atom stereocenters. The lowest BCUT2D eigenvalue weighted by atomic mass is 10.2. The first kappa shape index (κ1) is 14.2. The van der Waals surface area contributed by atoms with Crippen LogP contribution in [0.5, 0.6) is 0 Å². The van der Waals surface area contributed by atoms with Crippen LogP contribution in [0.25, 0.3) is 0 Å². The van der Waals surface area contributed by atoms with Gasteiger partial charge in [0.1, 0.15) is 0 Å². The van der Waals surface area contributed by atoms with Crippen molar-refractivity contribution in [2.45, 2.75) is 25.4 Å². The molecule has 1 aliphatic heterocycles. The first-order chi connectivity index (χ1) is 8.58. The number of ether oxygens (including phenoxy) is 1. The second-order valence-electron chi connectivity index (χ2n) is 3.84. The highest BCUT2D eigenvalue weighted by Crippen LogP contribution is 2.14. The number of aliphatic carboxylic acids is 1. The quantitative estimate of drug-likeness (QED) is 0.601. The lowest BCUT2D eigenvalue weighted by Gasteiger charge is -2.09. The Balaban J connectivity index is 2.12. The molecule has 1 aliphatic rings. The van der Waals surface area contributed by atoms with Crippen LogP contribution in [0.15, 0.2) is 12.2 Å². The Bertz CT molecular complexity index is 347. The van der Waals surface area contributed by atoms with Gasteiger partial charge in [-0.05, 0) is 19.3 Å². The van der Waals surface area contributed by atoms with E-state index in [9.17, 15) is 14.4 Å². The van der Waals surface area contributed by atoms with E-state index in [1.807, 2.05) is 5.32 Å². The largest absolute Gasteiger partial charge is 0.478 e. The van der Waals surface area contributed by atoms with E-state index >= 15 is 0 Å². The highest BCUT2D eigenvalue weighted by Gasteiger charge is 2.15. The molecule has 0 aromatic carbocycles. The highest BCUT2D eigenvalue weighted by atomic mass is 16.5. The van der Waals surface area contributed by atoms with Crippen molar-refractivity contribution in [2.24, 2.45) is 0 Å². The van der Waals surface area contributed by atoms with E-state index < -0.39 is 17.9 Å². The predicted molar refractivity (Wildman–Crippen MR) is 61.9 cm³/mol. The van der Waals surface area contributed by atoms with Gasteiger partial charge in [-0.15, -0.1) is 0 Å². The third-order valence-corrected chi connectivity index (χ3v) is 2.39. The molecular formula is C11H16N2O5. The Hall–Kier alpha value is -1.89. The minimum Gasteiger partial charge on any atom is -0.478 e. The Morgan fingerprint density at radius 1 is 1.33 bits per heavy atom. The lowest BCUT2D eigenvalue weighted by molar-refractivity contribution is -0.131. The molecule has 3 amide bonds. The van der Waals surface area contributed by atoms with E-state index in [1.54, 1.807) is 0 Å². The molecule has 0 bridgehead atoms. The van der Waals surface area contributed by atoms with Crippen molar-refractivity contribution in [1.82, 2.24) is 10.6 Å². The molecule has 100 valence electrons. The molecule has 1 saturated heterocycles. The van der Waals surface area contributed by atoms with Crippen LogP contribution in [0.2, 0.25) is 0 Å². The van der Waals surface area contributed by atoms with Gasteiger partial charge in [0.2, 0.25) is 0 Å². The summed E-state index contributed by atoms with van der Waals surface area (Å²) in [6, 6.07) is -0.645. The fraction of sp³-hybridized carbons (Fsp3) is 0.545. The summed E-state index contributed by atoms with van der Waals surface area (Å²) in [4.78, 5) is 32.4. The van der Waals surface area contributed by atoms with Crippen LogP contribution in [-0.2, 0) is 14.3 Å². The summed E-state index contributed by atoms with van der Waals surface area (Å²) in [6.45, 7) is 1.17. The van der Waals surface area contributed by atoms with Gasteiger partial charge in [0, 0.05) is 25.3 Å². The first-order valence-corrected chi connectivity index (χ1v) is 5.69. The zero-order valence-electron chi connectivity index (χ0n) is 9.85. The molecule has 0 spiro atoms. The van der Waals surface area contributed by atoms with E-state index in [1.165, 1.54) is 0 Å². The van der Waals surface area contributed by atoms with Crippen LogP contribution >= 0.6 is 0 Å². The van der Waals surface area contributed by atoms with E-state index in [2.05, 4.69) is 5.32 Å². The Morgan fingerprint density at radius 3 is 2.72 bits per heavy atom. The average Bonchev–Trinajstić information content (AvgIpc) is 2.79. The molecule has 0 aromatic rings. The van der Waals surface area contributed by atoms with Gasteiger partial charge in [-0.2, -0.15) is 0 Å². The lowest BCUT2D eigenvalue weighted by Crippen LogP contribution is -2.39. The Labute approximate surface area is 104 Å². The molecule has 7 nitrogen and oxygen atoms in total. The van der Waals surface area contributed by atoms with Crippen LogP contribution in [0.3, 0.4) is 0 Å². The van der Waals surface area contributed by atoms with Gasteiger partial charge >= 0.3 is 12.0 Å². The number of hydrogen-bond acceptors (Lipinski definition) is 4. The number of imide groups is 1. The van der Waals surface area contributed by atoms with Crippen molar-refractivity contribution in [3.63, 3.8) is 0 Å². The zero-order valence-corrected chi connectivity index (χ0v) is 9.85. The van der Waals surface area contributed by atoms with E-state index in [0.29, 0.717) is 19.0 Å². The standard InChI is InChI=1S/C11H16N2O5/c14-9(3-4-10(15)16)13-11(17)12-6-5-8-2-1-7-18-8/h3-4,8H,1-2,5-7H2,(H,15,16)(H2,12,13,14,17). The summed E-state index contributed by atoms with van der Waals surface area (Å²) in [7, 11) is 0. The molecule has 18 heavy (non-hydrogen) atoms. The van der Waals surface area contributed by atoms with Crippen molar-refractivity contribution in [1.29, 1.82) is 0 Å².